The zero-order valence-electron chi connectivity index (χ0n) is 15.2. The zero-order valence-corrected chi connectivity index (χ0v) is 15.2. The Labute approximate surface area is 135 Å². The SMILES string of the molecule is CC(C)(C)OC(=O)N(CCNC1(CO)CCCC1)C(C)(C)C. The fraction of sp³-hybridized carbons (Fsp3) is 0.941. The van der Waals surface area contributed by atoms with Gasteiger partial charge in [0.25, 0.3) is 0 Å². The quantitative estimate of drug-likeness (QED) is 0.819. The van der Waals surface area contributed by atoms with Crippen LogP contribution < -0.4 is 5.32 Å². The fourth-order valence-corrected chi connectivity index (χ4v) is 2.89. The van der Waals surface area contributed by atoms with Gasteiger partial charge in [0, 0.05) is 24.2 Å². The molecule has 5 heteroatoms. The monoisotopic (exact) mass is 314 g/mol. The molecule has 0 bridgehead atoms. The van der Waals surface area contributed by atoms with Crippen LogP contribution in [0.3, 0.4) is 0 Å². The first-order chi connectivity index (χ1) is 9.99. The number of nitrogens with zero attached hydrogens (tertiary/aromatic N) is 1. The van der Waals surface area contributed by atoms with Crippen molar-refractivity contribution in [3.05, 3.63) is 0 Å². The molecular formula is C17H34N2O3. The largest absolute Gasteiger partial charge is 0.444 e. The molecule has 1 aliphatic rings. The number of nitrogens with one attached hydrogen (secondary N) is 1. The molecule has 0 aromatic heterocycles. The Morgan fingerprint density at radius 3 is 2.14 bits per heavy atom. The molecule has 0 heterocycles. The molecule has 1 aliphatic carbocycles. The summed E-state index contributed by atoms with van der Waals surface area (Å²) in [6.45, 7) is 13.1. The molecule has 0 saturated heterocycles. The summed E-state index contributed by atoms with van der Waals surface area (Å²) >= 11 is 0. The van der Waals surface area contributed by atoms with Crippen LogP contribution in [0, 0.1) is 0 Å². The first-order valence-corrected chi connectivity index (χ1v) is 8.36. The second-order valence-corrected chi connectivity index (χ2v) is 8.38. The van der Waals surface area contributed by atoms with E-state index in [4.69, 9.17) is 4.74 Å². The summed E-state index contributed by atoms with van der Waals surface area (Å²) in [4.78, 5) is 14.2. The Bertz CT molecular complexity index is 363. The highest BCUT2D eigenvalue weighted by Gasteiger charge is 2.34. The van der Waals surface area contributed by atoms with E-state index >= 15 is 0 Å². The van der Waals surface area contributed by atoms with E-state index in [-0.39, 0.29) is 23.8 Å². The summed E-state index contributed by atoms with van der Waals surface area (Å²) in [5.74, 6) is 0. The molecule has 0 aliphatic heterocycles. The van der Waals surface area contributed by atoms with E-state index in [1.54, 1.807) is 4.90 Å². The standard InChI is InChI=1S/C17H34N2O3/c1-15(2,3)19(14(21)22-16(4,5)6)12-11-18-17(13-20)9-7-8-10-17/h18,20H,7-13H2,1-6H3. The van der Waals surface area contributed by atoms with Crippen LogP contribution in [0.1, 0.15) is 67.2 Å². The van der Waals surface area contributed by atoms with Gasteiger partial charge < -0.3 is 20.1 Å². The Balaban J connectivity index is 2.61. The van der Waals surface area contributed by atoms with Crippen molar-refractivity contribution in [3.63, 3.8) is 0 Å². The predicted molar refractivity (Wildman–Crippen MR) is 89.0 cm³/mol. The van der Waals surface area contributed by atoms with Gasteiger partial charge in [-0.05, 0) is 54.4 Å². The molecule has 0 atom stereocenters. The van der Waals surface area contributed by atoms with Crippen LogP contribution in [-0.4, -0.2) is 52.5 Å². The van der Waals surface area contributed by atoms with Gasteiger partial charge >= 0.3 is 6.09 Å². The van der Waals surface area contributed by atoms with Crippen LogP contribution >= 0.6 is 0 Å². The topological polar surface area (TPSA) is 61.8 Å². The van der Waals surface area contributed by atoms with Gasteiger partial charge in [-0.15, -0.1) is 0 Å². The van der Waals surface area contributed by atoms with Gasteiger partial charge in [0.05, 0.1) is 6.61 Å². The summed E-state index contributed by atoms with van der Waals surface area (Å²) in [6.07, 6.45) is 4.04. The molecule has 1 rings (SSSR count). The predicted octanol–water partition coefficient (Wildman–Crippen LogP) is 2.92. The first-order valence-electron chi connectivity index (χ1n) is 8.36. The molecule has 1 saturated carbocycles. The molecule has 5 nitrogen and oxygen atoms in total. The third-order valence-corrected chi connectivity index (χ3v) is 4.12. The van der Waals surface area contributed by atoms with E-state index in [2.05, 4.69) is 5.32 Å². The Kier molecular flexibility index (Phi) is 6.27. The number of ether oxygens (including phenoxy) is 1. The second-order valence-electron chi connectivity index (χ2n) is 8.38. The van der Waals surface area contributed by atoms with Crippen LogP contribution in [-0.2, 0) is 4.74 Å². The lowest BCUT2D eigenvalue weighted by molar-refractivity contribution is 0.00576. The maximum Gasteiger partial charge on any atom is 0.410 e. The lowest BCUT2D eigenvalue weighted by Gasteiger charge is -2.38. The Morgan fingerprint density at radius 2 is 1.73 bits per heavy atom. The molecule has 22 heavy (non-hydrogen) atoms. The summed E-state index contributed by atoms with van der Waals surface area (Å²) in [5, 5.41) is 13.1. The second kappa shape index (κ2) is 7.18. The maximum atomic E-state index is 12.4. The highest BCUT2D eigenvalue weighted by atomic mass is 16.6. The van der Waals surface area contributed by atoms with E-state index in [9.17, 15) is 9.90 Å². The highest BCUT2D eigenvalue weighted by molar-refractivity contribution is 5.69. The van der Waals surface area contributed by atoms with E-state index in [0.29, 0.717) is 13.1 Å². The van der Waals surface area contributed by atoms with Gasteiger partial charge in [0.2, 0.25) is 0 Å². The molecular weight excluding hydrogens is 280 g/mol. The average Bonchev–Trinajstić information content (AvgIpc) is 2.80. The van der Waals surface area contributed by atoms with Gasteiger partial charge in [-0.3, -0.25) is 0 Å². The van der Waals surface area contributed by atoms with Crippen molar-refractivity contribution < 1.29 is 14.6 Å². The molecule has 0 unspecified atom stereocenters. The number of hydrogen-bond donors (Lipinski definition) is 2. The number of rotatable bonds is 5. The summed E-state index contributed by atoms with van der Waals surface area (Å²) in [6, 6.07) is 0. The van der Waals surface area contributed by atoms with Crippen LogP contribution in [0.5, 0.6) is 0 Å². The van der Waals surface area contributed by atoms with Crippen molar-refractivity contribution in [2.45, 2.75) is 83.9 Å². The average molecular weight is 314 g/mol. The lowest BCUT2D eigenvalue weighted by Crippen LogP contribution is -2.53. The minimum atomic E-state index is -0.494. The smallest absolute Gasteiger partial charge is 0.410 e. The number of aliphatic hydroxyl groups is 1. The Hall–Kier alpha value is -0.810. The maximum absolute atomic E-state index is 12.4. The van der Waals surface area contributed by atoms with Crippen molar-refractivity contribution in [3.8, 4) is 0 Å². The van der Waals surface area contributed by atoms with Gasteiger partial charge in [-0.25, -0.2) is 4.79 Å². The van der Waals surface area contributed by atoms with E-state index < -0.39 is 5.60 Å². The number of aliphatic hydroxyl groups excluding tert-OH is 1. The molecule has 1 amide bonds. The molecule has 130 valence electrons. The van der Waals surface area contributed by atoms with E-state index in [1.165, 1.54) is 0 Å². The van der Waals surface area contributed by atoms with Gasteiger partial charge in [0.1, 0.15) is 5.60 Å². The van der Waals surface area contributed by atoms with Crippen LogP contribution in [0.15, 0.2) is 0 Å². The minimum absolute atomic E-state index is 0.155. The van der Waals surface area contributed by atoms with Crippen molar-refractivity contribution in [2.75, 3.05) is 19.7 Å². The number of hydrogen-bond acceptors (Lipinski definition) is 4. The van der Waals surface area contributed by atoms with Crippen LogP contribution in [0.4, 0.5) is 4.79 Å². The van der Waals surface area contributed by atoms with Crippen molar-refractivity contribution in [1.82, 2.24) is 10.2 Å². The fourth-order valence-electron chi connectivity index (χ4n) is 2.89. The van der Waals surface area contributed by atoms with Crippen LogP contribution in [0.2, 0.25) is 0 Å². The molecule has 1 fully saturated rings. The molecule has 0 aromatic rings. The lowest BCUT2D eigenvalue weighted by atomic mass is 9.99. The van der Waals surface area contributed by atoms with E-state index in [0.717, 1.165) is 25.7 Å². The summed E-state index contributed by atoms with van der Waals surface area (Å²) in [7, 11) is 0. The first kappa shape index (κ1) is 19.2. The number of carbonyl (C=O) groups excluding carboxylic acids is 1. The third kappa shape index (κ3) is 5.76. The number of carbonyl (C=O) groups is 1. The molecule has 2 N–H and O–H groups in total. The third-order valence-electron chi connectivity index (χ3n) is 4.12. The summed E-state index contributed by atoms with van der Waals surface area (Å²) < 4.78 is 5.51. The van der Waals surface area contributed by atoms with Crippen molar-refractivity contribution >= 4 is 6.09 Å². The molecule has 0 aromatic carbocycles. The summed E-state index contributed by atoms with van der Waals surface area (Å²) in [5.41, 5.74) is -0.949. The normalized spacial score (nSPS) is 18.3. The highest BCUT2D eigenvalue weighted by Crippen LogP contribution is 2.29. The molecule has 0 radical (unpaired) electrons. The van der Waals surface area contributed by atoms with Crippen LogP contribution in [0.25, 0.3) is 0 Å². The van der Waals surface area contributed by atoms with E-state index in [1.807, 2.05) is 41.5 Å². The number of amides is 1. The van der Waals surface area contributed by atoms with Crippen molar-refractivity contribution in [1.29, 1.82) is 0 Å². The minimum Gasteiger partial charge on any atom is -0.444 e. The van der Waals surface area contributed by atoms with Gasteiger partial charge in [-0.1, -0.05) is 12.8 Å². The zero-order chi connectivity index (χ0) is 17.0. The van der Waals surface area contributed by atoms with Gasteiger partial charge in [0.15, 0.2) is 0 Å². The van der Waals surface area contributed by atoms with Crippen molar-refractivity contribution in [2.24, 2.45) is 0 Å². The van der Waals surface area contributed by atoms with Gasteiger partial charge in [-0.2, -0.15) is 0 Å². The Morgan fingerprint density at radius 1 is 1.18 bits per heavy atom. The molecule has 0 spiro atoms.